The fourth-order valence-corrected chi connectivity index (χ4v) is 3.29. The Labute approximate surface area is 145 Å². The van der Waals surface area contributed by atoms with Crippen LogP contribution in [0, 0.1) is 0 Å². The fourth-order valence-electron chi connectivity index (χ4n) is 2.67. The van der Waals surface area contributed by atoms with E-state index in [2.05, 4.69) is 5.32 Å². The number of benzene rings is 1. The maximum absolute atomic E-state index is 12.4. The lowest BCUT2D eigenvalue weighted by Gasteiger charge is -2.35. The molecule has 22 heavy (non-hydrogen) atoms. The predicted molar refractivity (Wildman–Crippen MR) is 89.1 cm³/mol. The summed E-state index contributed by atoms with van der Waals surface area (Å²) in [4.78, 5) is 13.5. The number of hydrogen-bond acceptors (Lipinski definition) is 2. The second-order valence-electron chi connectivity index (χ2n) is 5.40. The van der Waals surface area contributed by atoms with Crippen molar-refractivity contribution >= 4 is 40.7 Å². The number of carbonyl (C=O) groups is 1. The molecule has 7 heteroatoms. The van der Waals surface area contributed by atoms with E-state index in [0.29, 0.717) is 11.3 Å². The maximum Gasteiger partial charge on any atom is 0.262 e. The van der Waals surface area contributed by atoms with E-state index in [1.165, 1.54) is 6.42 Å². The van der Waals surface area contributed by atoms with Gasteiger partial charge in [0.15, 0.2) is 0 Å². The van der Waals surface area contributed by atoms with Crippen LogP contribution in [0.2, 0.25) is 0 Å². The van der Waals surface area contributed by atoms with Crippen LogP contribution in [0.25, 0.3) is 0 Å². The van der Waals surface area contributed by atoms with E-state index in [0.717, 1.165) is 30.8 Å². The van der Waals surface area contributed by atoms with Crippen molar-refractivity contribution in [1.29, 1.82) is 0 Å². The number of carbonyl (C=O) groups excluding carboxylic acids is 1. The van der Waals surface area contributed by atoms with Gasteiger partial charge in [-0.05, 0) is 43.5 Å². The third-order valence-electron chi connectivity index (χ3n) is 3.86. The number of alkyl halides is 3. The lowest BCUT2D eigenvalue weighted by Crippen LogP contribution is -3.20. The molecule has 2 N–H and O–H groups in total. The quantitative estimate of drug-likeness (QED) is 0.802. The van der Waals surface area contributed by atoms with Crippen LogP contribution in [0.3, 0.4) is 0 Å². The summed E-state index contributed by atoms with van der Waals surface area (Å²) in [6.45, 7) is 1.78. The molecule has 1 unspecified atom stereocenters. The van der Waals surface area contributed by atoms with Crippen molar-refractivity contribution in [1.82, 2.24) is 5.32 Å². The second-order valence-corrected chi connectivity index (χ2v) is 7.76. The van der Waals surface area contributed by atoms with Crippen LogP contribution in [0.15, 0.2) is 24.3 Å². The summed E-state index contributed by atoms with van der Waals surface area (Å²) >= 11 is 18.3. The van der Waals surface area contributed by atoms with Crippen LogP contribution in [-0.2, 0) is 0 Å². The Morgan fingerprint density at radius 1 is 1.18 bits per heavy atom. The van der Waals surface area contributed by atoms with Crippen molar-refractivity contribution in [3.8, 4) is 5.75 Å². The molecule has 1 aromatic carbocycles. The first kappa shape index (κ1) is 17.7. The Morgan fingerprint density at radius 3 is 2.27 bits per heavy atom. The smallest absolute Gasteiger partial charge is 0.262 e. The van der Waals surface area contributed by atoms with Crippen LogP contribution in [0.1, 0.15) is 29.6 Å². The molecule has 0 radical (unpaired) electrons. The highest BCUT2D eigenvalue weighted by atomic mass is 35.6. The summed E-state index contributed by atoms with van der Waals surface area (Å²) in [5.41, 5.74) is 0.511. The first-order valence-electron chi connectivity index (χ1n) is 7.28. The molecular weight excluding hydrogens is 347 g/mol. The van der Waals surface area contributed by atoms with Crippen molar-refractivity contribution in [3.63, 3.8) is 0 Å². The first-order valence-corrected chi connectivity index (χ1v) is 8.41. The number of rotatable bonds is 4. The van der Waals surface area contributed by atoms with E-state index in [4.69, 9.17) is 39.5 Å². The summed E-state index contributed by atoms with van der Waals surface area (Å²) in [5.74, 6) is 0.438. The Bertz CT molecular complexity index is 497. The van der Waals surface area contributed by atoms with Gasteiger partial charge >= 0.3 is 0 Å². The van der Waals surface area contributed by atoms with Crippen molar-refractivity contribution in [2.75, 3.05) is 20.2 Å². The van der Waals surface area contributed by atoms with Gasteiger partial charge in [-0.2, -0.15) is 0 Å². The van der Waals surface area contributed by atoms with Gasteiger partial charge < -0.3 is 9.64 Å². The molecule has 122 valence electrons. The van der Waals surface area contributed by atoms with E-state index >= 15 is 0 Å². The molecule has 0 saturated carbocycles. The van der Waals surface area contributed by atoms with Crippen LogP contribution < -0.4 is 15.0 Å². The van der Waals surface area contributed by atoms with Crippen LogP contribution in [0.5, 0.6) is 5.75 Å². The number of nitrogens with one attached hydrogen (secondary N) is 2. The third-order valence-corrected chi connectivity index (χ3v) is 4.51. The highest BCUT2D eigenvalue weighted by Crippen LogP contribution is 2.28. The Kier molecular flexibility index (Phi) is 6.21. The van der Waals surface area contributed by atoms with Crippen molar-refractivity contribution in [2.24, 2.45) is 0 Å². The molecule has 1 amide bonds. The van der Waals surface area contributed by atoms with Crippen molar-refractivity contribution in [3.05, 3.63) is 29.8 Å². The third kappa shape index (κ3) is 4.66. The zero-order valence-corrected chi connectivity index (χ0v) is 14.6. The topological polar surface area (TPSA) is 42.8 Å². The van der Waals surface area contributed by atoms with Crippen molar-refractivity contribution < 1.29 is 14.4 Å². The molecule has 4 nitrogen and oxygen atoms in total. The molecule has 1 aliphatic heterocycles. The molecular formula is C15H20Cl3N2O2+. The van der Waals surface area contributed by atoms with Gasteiger partial charge in [-0.1, -0.05) is 34.8 Å². The highest BCUT2D eigenvalue weighted by molar-refractivity contribution is 6.68. The van der Waals surface area contributed by atoms with Crippen LogP contribution in [0.4, 0.5) is 0 Å². The SMILES string of the molecule is COc1ccc(C(=O)NC([NH+]2CCCCC2)C(Cl)(Cl)Cl)cc1. The molecule has 2 rings (SSSR count). The number of ether oxygens (including phenoxy) is 1. The van der Waals surface area contributed by atoms with Gasteiger partial charge in [0, 0.05) is 5.56 Å². The minimum Gasteiger partial charge on any atom is -0.497 e. The van der Waals surface area contributed by atoms with Gasteiger partial charge in [0.05, 0.1) is 20.2 Å². The van der Waals surface area contributed by atoms with E-state index in [1.807, 2.05) is 0 Å². The zero-order chi connectivity index (χ0) is 16.2. The normalized spacial score (nSPS) is 17.8. The number of hydrogen-bond donors (Lipinski definition) is 2. The Balaban J connectivity index is 2.09. The van der Waals surface area contributed by atoms with Gasteiger partial charge in [0.25, 0.3) is 9.70 Å². The number of piperidine rings is 1. The lowest BCUT2D eigenvalue weighted by molar-refractivity contribution is -0.931. The molecule has 1 aliphatic rings. The summed E-state index contributed by atoms with van der Waals surface area (Å²) in [7, 11) is 1.58. The number of likely N-dealkylation sites (tertiary alicyclic amines) is 1. The summed E-state index contributed by atoms with van der Waals surface area (Å²) in [5, 5.41) is 2.87. The van der Waals surface area contributed by atoms with Gasteiger partial charge in [0.2, 0.25) is 6.17 Å². The van der Waals surface area contributed by atoms with Gasteiger partial charge in [-0.15, -0.1) is 0 Å². The Hall–Kier alpha value is -0.680. The average Bonchev–Trinajstić information content (AvgIpc) is 2.52. The van der Waals surface area contributed by atoms with E-state index in [-0.39, 0.29) is 5.91 Å². The predicted octanol–water partition coefficient (Wildman–Crippen LogP) is 2.19. The average molecular weight is 367 g/mol. The molecule has 1 aromatic rings. The summed E-state index contributed by atoms with van der Waals surface area (Å²) < 4.78 is 3.53. The molecule has 0 aromatic heterocycles. The highest BCUT2D eigenvalue weighted by Gasteiger charge is 2.42. The summed E-state index contributed by atoms with van der Waals surface area (Å²) in [6.07, 6.45) is 2.77. The molecule has 0 spiro atoms. The van der Waals surface area contributed by atoms with Gasteiger partial charge in [-0.3, -0.25) is 10.1 Å². The minimum absolute atomic E-state index is 0.253. The number of quaternary nitrogens is 1. The zero-order valence-electron chi connectivity index (χ0n) is 12.4. The minimum atomic E-state index is -1.55. The number of halogens is 3. The van der Waals surface area contributed by atoms with E-state index < -0.39 is 9.96 Å². The largest absolute Gasteiger partial charge is 0.497 e. The van der Waals surface area contributed by atoms with E-state index in [1.54, 1.807) is 31.4 Å². The molecule has 1 atom stereocenters. The fraction of sp³-hybridized carbons (Fsp3) is 0.533. The standard InChI is InChI=1S/C15H19Cl3N2O2/c1-22-12-7-5-11(6-8-12)13(21)19-14(15(16,17)18)20-9-3-2-4-10-20/h5-8,14H,2-4,9-10H2,1H3,(H,19,21)/p+1. The molecule has 1 fully saturated rings. The number of amides is 1. The second kappa shape index (κ2) is 7.73. The van der Waals surface area contributed by atoms with Crippen molar-refractivity contribution in [2.45, 2.75) is 29.2 Å². The Morgan fingerprint density at radius 2 is 1.77 bits per heavy atom. The van der Waals surface area contributed by atoms with Gasteiger partial charge in [0.1, 0.15) is 5.75 Å². The first-order chi connectivity index (χ1) is 10.4. The lowest BCUT2D eigenvalue weighted by atomic mass is 10.1. The summed E-state index contributed by atoms with van der Waals surface area (Å²) in [6, 6.07) is 6.84. The molecule has 1 heterocycles. The van der Waals surface area contributed by atoms with Gasteiger partial charge in [-0.25, -0.2) is 0 Å². The van der Waals surface area contributed by atoms with Crippen LogP contribution >= 0.6 is 34.8 Å². The molecule has 1 saturated heterocycles. The van der Waals surface area contributed by atoms with E-state index in [9.17, 15) is 4.79 Å². The number of methoxy groups -OCH3 is 1. The van der Waals surface area contributed by atoms with Crippen LogP contribution in [-0.4, -0.2) is 36.1 Å². The maximum atomic E-state index is 12.4. The molecule has 0 aliphatic carbocycles. The monoisotopic (exact) mass is 365 g/mol. The molecule has 0 bridgehead atoms.